The Morgan fingerprint density at radius 3 is 2.33 bits per heavy atom. The maximum absolute atomic E-state index is 3.11. The highest BCUT2D eigenvalue weighted by molar-refractivity contribution is 5.02. The second-order valence-electron chi connectivity index (χ2n) is 2.76. The maximum atomic E-state index is 3.11. The lowest BCUT2D eigenvalue weighted by Gasteiger charge is -1.88. The summed E-state index contributed by atoms with van der Waals surface area (Å²) in [4.78, 5) is 0. The average Bonchev–Trinajstić information content (AvgIpc) is 2.05. The van der Waals surface area contributed by atoms with Crippen LogP contribution in [-0.4, -0.2) is 0 Å². The van der Waals surface area contributed by atoms with Crippen molar-refractivity contribution in [1.29, 1.82) is 0 Å². The number of allylic oxidation sites excluding steroid dienone is 8. The summed E-state index contributed by atoms with van der Waals surface area (Å²) in [6.07, 6.45) is 22.5. The number of rotatable bonds is 0. The molecule has 1 aliphatic carbocycles. The number of hydrogen-bond donors (Lipinski definition) is 0. The first-order valence-corrected chi connectivity index (χ1v) is 4.53. The Kier molecular flexibility index (Phi) is 5.02. The van der Waals surface area contributed by atoms with Gasteiger partial charge in [0.05, 0.1) is 0 Å². The average molecular weight is 159 g/mol. The van der Waals surface area contributed by atoms with Gasteiger partial charge in [-0.1, -0.05) is 42.5 Å². The molecule has 0 fully saturated rings. The molecular formula is C12H15. The number of hydrogen-bond acceptors (Lipinski definition) is 0. The van der Waals surface area contributed by atoms with Gasteiger partial charge in [0.1, 0.15) is 0 Å². The normalized spacial score (nSPS) is 18.7. The summed E-state index contributed by atoms with van der Waals surface area (Å²) >= 11 is 0. The second kappa shape index (κ2) is 6.66. The summed E-state index contributed by atoms with van der Waals surface area (Å²) in [7, 11) is 0. The lowest BCUT2D eigenvalue weighted by atomic mass is 10.2. The van der Waals surface area contributed by atoms with E-state index in [1.165, 1.54) is 0 Å². The molecule has 12 heavy (non-hydrogen) atoms. The molecule has 0 aliphatic heterocycles. The van der Waals surface area contributed by atoms with Gasteiger partial charge in [0.15, 0.2) is 0 Å². The van der Waals surface area contributed by atoms with Crippen molar-refractivity contribution in [3.63, 3.8) is 0 Å². The van der Waals surface area contributed by atoms with E-state index in [1.807, 2.05) is 6.08 Å². The van der Waals surface area contributed by atoms with Crippen molar-refractivity contribution in [2.45, 2.75) is 25.7 Å². The molecule has 1 radical (unpaired) electrons. The van der Waals surface area contributed by atoms with E-state index in [1.54, 1.807) is 0 Å². The quantitative estimate of drug-likeness (QED) is 0.474. The minimum Gasteiger partial charge on any atom is -0.0879 e. The molecular weight excluding hydrogens is 144 g/mol. The van der Waals surface area contributed by atoms with Crippen molar-refractivity contribution in [3.05, 3.63) is 48.6 Å². The third kappa shape index (κ3) is 4.73. The SMILES string of the molecule is [C]1=CCC=CCCC=CCC=C1. The zero-order valence-corrected chi connectivity index (χ0v) is 7.37. The Hall–Kier alpha value is -1.04. The Labute approximate surface area is 75.0 Å². The molecule has 0 bridgehead atoms. The standard InChI is InChI=1S/C12H15/c1-2-4-6-8-10-12-11-9-7-5-3-1/h1-2,5,7-8,10-11H,3-4,6,12H2. The van der Waals surface area contributed by atoms with Crippen molar-refractivity contribution in [2.75, 3.05) is 0 Å². The van der Waals surface area contributed by atoms with Crippen molar-refractivity contribution < 1.29 is 0 Å². The van der Waals surface area contributed by atoms with Gasteiger partial charge in [0.25, 0.3) is 0 Å². The zero-order chi connectivity index (χ0) is 8.49. The first kappa shape index (κ1) is 9.05. The molecule has 0 unspecified atom stereocenters. The van der Waals surface area contributed by atoms with E-state index in [2.05, 4.69) is 42.5 Å². The van der Waals surface area contributed by atoms with Crippen LogP contribution in [0.2, 0.25) is 0 Å². The molecule has 0 aromatic carbocycles. The van der Waals surface area contributed by atoms with Crippen LogP contribution in [0.15, 0.2) is 42.5 Å². The van der Waals surface area contributed by atoms with Gasteiger partial charge in [-0.3, -0.25) is 0 Å². The Balaban J connectivity index is 2.41. The van der Waals surface area contributed by atoms with Crippen LogP contribution >= 0.6 is 0 Å². The maximum Gasteiger partial charge on any atom is -0.0160 e. The van der Waals surface area contributed by atoms with Crippen LogP contribution in [0, 0.1) is 6.08 Å². The lowest BCUT2D eigenvalue weighted by Crippen LogP contribution is -1.67. The molecule has 0 N–H and O–H groups in total. The monoisotopic (exact) mass is 159 g/mol. The topological polar surface area (TPSA) is 0 Å². The smallest absolute Gasteiger partial charge is 0.0160 e. The van der Waals surface area contributed by atoms with Gasteiger partial charge >= 0.3 is 0 Å². The molecule has 0 saturated heterocycles. The van der Waals surface area contributed by atoms with Crippen molar-refractivity contribution in [3.8, 4) is 0 Å². The van der Waals surface area contributed by atoms with Crippen LogP contribution in [-0.2, 0) is 0 Å². The molecule has 0 heteroatoms. The Bertz CT molecular complexity index is 180. The van der Waals surface area contributed by atoms with E-state index >= 15 is 0 Å². The van der Waals surface area contributed by atoms with E-state index < -0.39 is 0 Å². The zero-order valence-electron chi connectivity index (χ0n) is 7.37. The van der Waals surface area contributed by atoms with Crippen LogP contribution in [0.1, 0.15) is 25.7 Å². The van der Waals surface area contributed by atoms with Crippen LogP contribution in [0.4, 0.5) is 0 Å². The predicted molar refractivity (Wildman–Crippen MR) is 53.7 cm³/mol. The van der Waals surface area contributed by atoms with E-state index in [4.69, 9.17) is 0 Å². The first-order chi connectivity index (χ1) is 6.00. The minimum absolute atomic E-state index is 1.01. The van der Waals surface area contributed by atoms with Gasteiger partial charge in [-0.2, -0.15) is 0 Å². The summed E-state index contributed by atoms with van der Waals surface area (Å²) in [5, 5.41) is 0. The molecule has 0 aromatic heterocycles. The van der Waals surface area contributed by atoms with Gasteiger partial charge < -0.3 is 0 Å². The van der Waals surface area contributed by atoms with E-state index in [0.29, 0.717) is 0 Å². The molecule has 1 rings (SSSR count). The molecule has 63 valence electrons. The van der Waals surface area contributed by atoms with Gasteiger partial charge in [-0.15, -0.1) is 0 Å². The van der Waals surface area contributed by atoms with E-state index in [-0.39, 0.29) is 0 Å². The fraction of sp³-hybridized carbons (Fsp3) is 0.333. The van der Waals surface area contributed by atoms with Crippen LogP contribution < -0.4 is 0 Å². The molecule has 0 spiro atoms. The van der Waals surface area contributed by atoms with Crippen molar-refractivity contribution in [2.24, 2.45) is 0 Å². The molecule has 0 heterocycles. The third-order valence-corrected chi connectivity index (χ3v) is 1.69. The highest BCUT2D eigenvalue weighted by atomic mass is 13.8. The second-order valence-corrected chi connectivity index (χ2v) is 2.76. The summed E-state index contributed by atoms with van der Waals surface area (Å²) in [6.45, 7) is 0. The van der Waals surface area contributed by atoms with E-state index in [0.717, 1.165) is 25.7 Å². The lowest BCUT2D eigenvalue weighted by molar-refractivity contribution is 1.04. The molecule has 0 amide bonds. The molecule has 0 aromatic rings. The summed E-state index contributed by atoms with van der Waals surface area (Å²) in [5.41, 5.74) is 0. The van der Waals surface area contributed by atoms with Crippen LogP contribution in [0.5, 0.6) is 0 Å². The summed E-state index contributed by atoms with van der Waals surface area (Å²) < 4.78 is 0. The van der Waals surface area contributed by atoms with Gasteiger partial charge in [-0.05, 0) is 31.8 Å². The van der Waals surface area contributed by atoms with Gasteiger partial charge in [0.2, 0.25) is 0 Å². The highest BCUT2D eigenvalue weighted by Crippen LogP contribution is 1.98. The fourth-order valence-corrected chi connectivity index (χ4v) is 1.04. The summed E-state index contributed by atoms with van der Waals surface area (Å²) in [6, 6.07) is 0. The first-order valence-electron chi connectivity index (χ1n) is 4.53. The van der Waals surface area contributed by atoms with Crippen LogP contribution in [0.25, 0.3) is 0 Å². The largest absolute Gasteiger partial charge is 0.0879 e. The molecule has 0 nitrogen and oxygen atoms in total. The van der Waals surface area contributed by atoms with Crippen molar-refractivity contribution in [1.82, 2.24) is 0 Å². The van der Waals surface area contributed by atoms with Gasteiger partial charge in [-0.25, -0.2) is 0 Å². The highest BCUT2D eigenvalue weighted by Gasteiger charge is 1.78. The fourth-order valence-electron chi connectivity index (χ4n) is 1.04. The Morgan fingerprint density at radius 1 is 0.750 bits per heavy atom. The third-order valence-electron chi connectivity index (χ3n) is 1.69. The predicted octanol–water partition coefficient (Wildman–Crippen LogP) is 3.59. The van der Waals surface area contributed by atoms with Crippen LogP contribution in [0.3, 0.4) is 0 Å². The minimum atomic E-state index is 1.01. The van der Waals surface area contributed by atoms with Gasteiger partial charge in [0, 0.05) is 0 Å². The summed E-state index contributed by atoms with van der Waals surface area (Å²) in [5.74, 6) is 0. The van der Waals surface area contributed by atoms with E-state index in [9.17, 15) is 0 Å². The molecule has 1 aliphatic rings. The Morgan fingerprint density at radius 2 is 1.50 bits per heavy atom. The molecule has 0 atom stereocenters. The van der Waals surface area contributed by atoms with Crippen molar-refractivity contribution >= 4 is 0 Å². The molecule has 0 saturated carbocycles.